The van der Waals surface area contributed by atoms with Crippen molar-refractivity contribution in [3.63, 3.8) is 0 Å². The van der Waals surface area contributed by atoms with Crippen molar-refractivity contribution in [2.24, 2.45) is 0 Å². The molecule has 2 aliphatic heterocycles. The first kappa shape index (κ1) is 13.4. The lowest BCUT2D eigenvalue weighted by Crippen LogP contribution is -2.62. The van der Waals surface area contributed by atoms with E-state index in [2.05, 4.69) is 11.1 Å². The molecule has 1 fully saturated rings. The van der Waals surface area contributed by atoms with Crippen molar-refractivity contribution in [1.29, 1.82) is 0 Å². The van der Waals surface area contributed by atoms with E-state index in [1.807, 2.05) is 32.0 Å². The van der Waals surface area contributed by atoms with E-state index < -0.39 is 0 Å². The summed E-state index contributed by atoms with van der Waals surface area (Å²) in [6.07, 6.45) is 0.602. The summed E-state index contributed by atoms with van der Waals surface area (Å²) in [5.74, 6) is 0.119. The number of carbonyl (C=O) groups is 2. The maximum atomic E-state index is 12.7. The van der Waals surface area contributed by atoms with Crippen LogP contribution in [0, 0.1) is 0 Å². The minimum absolute atomic E-state index is 0.0447. The monoisotopic (exact) mass is 297 g/mol. The number of aromatic nitrogens is 1. The predicted octanol–water partition coefficient (Wildman–Crippen LogP) is 1.84. The topological polar surface area (TPSA) is 56.4 Å². The summed E-state index contributed by atoms with van der Waals surface area (Å²) in [5.41, 5.74) is 3.33. The van der Waals surface area contributed by atoms with Crippen molar-refractivity contribution in [1.82, 2.24) is 14.8 Å². The first-order valence-corrected chi connectivity index (χ1v) is 7.81. The van der Waals surface area contributed by atoms with Gasteiger partial charge in [0.15, 0.2) is 0 Å². The van der Waals surface area contributed by atoms with Crippen LogP contribution in [0.4, 0.5) is 0 Å². The van der Waals surface area contributed by atoms with Gasteiger partial charge < -0.3 is 14.8 Å². The van der Waals surface area contributed by atoms with Gasteiger partial charge in [-0.2, -0.15) is 0 Å². The Labute approximate surface area is 128 Å². The van der Waals surface area contributed by atoms with Crippen LogP contribution in [-0.2, 0) is 16.0 Å². The van der Waals surface area contributed by atoms with Gasteiger partial charge in [-0.1, -0.05) is 18.2 Å². The molecule has 1 N–H and O–H groups in total. The van der Waals surface area contributed by atoms with E-state index in [1.165, 1.54) is 5.56 Å². The Bertz CT molecular complexity index is 779. The molecule has 22 heavy (non-hydrogen) atoms. The molecule has 2 aromatic rings. The van der Waals surface area contributed by atoms with Crippen LogP contribution in [0.25, 0.3) is 10.9 Å². The second kappa shape index (κ2) is 4.60. The Morgan fingerprint density at radius 1 is 1.27 bits per heavy atom. The number of para-hydroxylation sites is 1. The number of piperazine rings is 1. The molecule has 0 unspecified atom stereocenters. The van der Waals surface area contributed by atoms with Gasteiger partial charge >= 0.3 is 0 Å². The number of H-pyrrole nitrogens is 1. The fraction of sp³-hybridized carbons (Fsp3) is 0.412. The summed E-state index contributed by atoms with van der Waals surface area (Å²) in [6, 6.07) is 7.69. The van der Waals surface area contributed by atoms with Crippen LogP contribution in [-0.4, -0.2) is 45.7 Å². The lowest BCUT2D eigenvalue weighted by molar-refractivity contribution is -0.159. The number of rotatable bonds is 1. The van der Waals surface area contributed by atoms with Crippen LogP contribution in [0.2, 0.25) is 0 Å². The van der Waals surface area contributed by atoms with Gasteiger partial charge in [0.05, 0.1) is 12.6 Å². The smallest absolute Gasteiger partial charge is 0.246 e. The third kappa shape index (κ3) is 1.65. The molecule has 1 aromatic carbocycles. The second-order valence-corrected chi connectivity index (χ2v) is 6.11. The lowest BCUT2D eigenvalue weighted by Gasteiger charge is -2.45. The van der Waals surface area contributed by atoms with Crippen molar-refractivity contribution in [2.75, 3.05) is 13.1 Å². The number of fused-ring (bicyclic) bond motifs is 4. The molecule has 0 bridgehead atoms. The Kier molecular flexibility index (Phi) is 2.79. The minimum atomic E-state index is -0.358. The molecule has 5 nitrogen and oxygen atoms in total. The van der Waals surface area contributed by atoms with Crippen molar-refractivity contribution in [2.45, 2.75) is 32.4 Å². The van der Waals surface area contributed by atoms with Crippen LogP contribution < -0.4 is 0 Å². The zero-order valence-corrected chi connectivity index (χ0v) is 12.8. The van der Waals surface area contributed by atoms with Gasteiger partial charge in [-0.3, -0.25) is 9.59 Å². The minimum Gasteiger partial charge on any atom is -0.356 e. The molecule has 114 valence electrons. The molecule has 2 aliphatic rings. The lowest BCUT2D eigenvalue weighted by atomic mass is 9.90. The van der Waals surface area contributed by atoms with Gasteiger partial charge in [0.2, 0.25) is 11.8 Å². The molecule has 4 rings (SSSR count). The average molecular weight is 297 g/mol. The van der Waals surface area contributed by atoms with Crippen molar-refractivity contribution < 1.29 is 9.59 Å². The van der Waals surface area contributed by atoms with Crippen LogP contribution in [0.1, 0.15) is 31.1 Å². The number of hydrogen-bond donors (Lipinski definition) is 1. The SMILES string of the molecule is CCN1CC(=O)N2[C@H](Cc3c([nH]c4ccccc34)[C@@H]2C)C1=O. The molecule has 3 heterocycles. The standard InChI is InChI=1S/C17H19N3O2/c1-3-19-9-15(21)20-10(2)16-12(8-14(20)17(19)22)11-6-4-5-7-13(11)18-16/h4-7,10,14,18H,3,8-9H2,1-2H3/t10-,14+/m0/s1. The summed E-state index contributed by atoms with van der Waals surface area (Å²) in [5, 5.41) is 1.16. The van der Waals surface area contributed by atoms with E-state index in [4.69, 9.17) is 0 Å². The normalized spacial score (nSPS) is 24.6. The first-order valence-electron chi connectivity index (χ1n) is 7.81. The Balaban J connectivity index is 1.86. The molecule has 0 saturated carbocycles. The van der Waals surface area contributed by atoms with Gasteiger partial charge in [0, 0.05) is 29.6 Å². The van der Waals surface area contributed by atoms with Crippen molar-refractivity contribution in [3.05, 3.63) is 35.5 Å². The largest absolute Gasteiger partial charge is 0.356 e. The maximum absolute atomic E-state index is 12.7. The summed E-state index contributed by atoms with van der Waals surface area (Å²) in [7, 11) is 0. The van der Waals surface area contributed by atoms with Crippen LogP contribution in [0.5, 0.6) is 0 Å². The fourth-order valence-corrected chi connectivity index (χ4v) is 3.90. The number of nitrogens with zero attached hydrogens (tertiary/aromatic N) is 2. The van der Waals surface area contributed by atoms with E-state index in [1.54, 1.807) is 9.80 Å². The van der Waals surface area contributed by atoms with Crippen LogP contribution in [0.3, 0.4) is 0 Å². The number of carbonyl (C=O) groups excluding carboxylic acids is 2. The molecule has 2 atom stereocenters. The van der Waals surface area contributed by atoms with Gasteiger partial charge in [-0.05, 0) is 25.5 Å². The number of likely N-dealkylation sites (N-methyl/N-ethyl adjacent to an activating group) is 1. The fourth-order valence-electron chi connectivity index (χ4n) is 3.90. The van der Waals surface area contributed by atoms with Crippen LogP contribution in [0.15, 0.2) is 24.3 Å². The molecular formula is C17H19N3O2. The highest BCUT2D eigenvalue weighted by atomic mass is 16.2. The summed E-state index contributed by atoms with van der Waals surface area (Å²) in [6.45, 7) is 4.72. The summed E-state index contributed by atoms with van der Waals surface area (Å²) < 4.78 is 0. The number of amides is 2. The Morgan fingerprint density at radius 3 is 2.82 bits per heavy atom. The first-order chi connectivity index (χ1) is 10.6. The molecule has 1 aromatic heterocycles. The van der Waals surface area contributed by atoms with E-state index >= 15 is 0 Å². The third-order valence-electron chi connectivity index (χ3n) is 5.01. The molecule has 2 amide bonds. The average Bonchev–Trinajstić information content (AvgIpc) is 2.90. The van der Waals surface area contributed by atoms with Gasteiger partial charge in [0.25, 0.3) is 0 Å². The van der Waals surface area contributed by atoms with E-state index in [0.29, 0.717) is 13.0 Å². The molecule has 5 heteroatoms. The second-order valence-electron chi connectivity index (χ2n) is 6.11. The van der Waals surface area contributed by atoms with E-state index in [9.17, 15) is 9.59 Å². The van der Waals surface area contributed by atoms with E-state index in [0.717, 1.165) is 16.6 Å². The molecule has 0 radical (unpaired) electrons. The highest BCUT2D eigenvalue weighted by Gasteiger charge is 2.45. The molecule has 1 saturated heterocycles. The quantitative estimate of drug-likeness (QED) is 0.873. The van der Waals surface area contributed by atoms with E-state index in [-0.39, 0.29) is 30.4 Å². The summed E-state index contributed by atoms with van der Waals surface area (Å²) in [4.78, 5) is 32.0. The Hall–Kier alpha value is -2.30. The number of nitrogens with one attached hydrogen (secondary N) is 1. The maximum Gasteiger partial charge on any atom is 0.246 e. The van der Waals surface area contributed by atoms with Gasteiger partial charge in [0.1, 0.15) is 6.04 Å². The molecule has 0 aliphatic carbocycles. The predicted molar refractivity (Wildman–Crippen MR) is 83.3 cm³/mol. The van der Waals surface area contributed by atoms with Crippen LogP contribution >= 0.6 is 0 Å². The highest BCUT2D eigenvalue weighted by molar-refractivity contribution is 5.97. The number of hydrogen-bond acceptors (Lipinski definition) is 2. The number of aromatic amines is 1. The zero-order chi connectivity index (χ0) is 15.4. The van der Waals surface area contributed by atoms with Crippen molar-refractivity contribution >= 4 is 22.7 Å². The highest BCUT2D eigenvalue weighted by Crippen LogP contribution is 2.38. The number of benzene rings is 1. The van der Waals surface area contributed by atoms with Gasteiger partial charge in [-0.15, -0.1) is 0 Å². The zero-order valence-electron chi connectivity index (χ0n) is 12.8. The molecular weight excluding hydrogens is 278 g/mol. The molecule has 0 spiro atoms. The van der Waals surface area contributed by atoms with Gasteiger partial charge in [-0.25, -0.2) is 0 Å². The van der Waals surface area contributed by atoms with Crippen molar-refractivity contribution in [3.8, 4) is 0 Å². The Morgan fingerprint density at radius 2 is 2.05 bits per heavy atom. The third-order valence-corrected chi connectivity index (χ3v) is 5.01. The summed E-state index contributed by atoms with van der Waals surface area (Å²) >= 11 is 0.